The summed E-state index contributed by atoms with van der Waals surface area (Å²) in [5, 5.41) is 9.31. The van der Waals surface area contributed by atoms with Crippen molar-refractivity contribution in [3.63, 3.8) is 0 Å². The van der Waals surface area contributed by atoms with Crippen molar-refractivity contribution in [3.05, 3.63) is 54.6 Å². The van der Waals surface area contributed by atoms with E-state index < -0.39 is 6.10 Å². The van der Waals surface area contributed by atoms with Crippen LogP contribution in [-0.2, 0) is 0 Å². The molecule has 3 N–H and O–H groups in total. The zero-order valence-corrected chi connectivity index (χ0v) is 11.0. The highest BCUT2D eigenvalue weighted by Gasteiger charge is 2.16. The highest BCUT2D eigenvalue weighted by atomic mass is 16.5. The normalized spacial score (nSPS) is 13.8. The zero-order valence-electron chi connectivity index (χ0n) is 11.0. The average molecular weight is 257 g/mol. The smallest absolute Gasteiger partial charge is 0.136 e. The average Bonchev–Trinajstić information content (AvgIpc) is 2.45. The first kappa shape index (κ1) is 13.6. The van der Waals surface area contributed by atoms with Gasteiger partial charge < -0.3 is 15.6 Å². The summed E-state index contributed by atoms with van der Waals surface area (Å²) in [4.78, 5) is 0. The first-order valence-corrected chi connectivity index (χ1v) is 6.40. The minimum atomic E-state index is -0.398. The van der Waals surface area contributed by atoms with E-state index in [1.165, 1.54) is 0 Å². The van der Waals surface area contributed by atoms with Crippen molar-refractivity contribution in [3.8, 4) is 16.9 Å². The van der Waals surface area contributed by atoms with Crippen LogP contribution in [-0.4, -0.2) is 23.9 Å². The molecular weight excluding hydrogens is 238 g/mol. The fourth-order valence-corrected chi connectivity index (χ4v) is 1.90. The lowest BCUT2D eigenvalue weighted by atomic mass is 10.0. The Morgan fingerprint density at radius 2 is 1.68 bits per heavy atom. The lowest BCUT2D eigenvalue weighted by Crippen LogP contribution is -2.39. The minimum Gasteiger partial charge on any atom is -0.486 e. The van der Waals surface area contributed by atoms with Crippen LogP contribution < -0.4 is 10.5 Å². The molecule has 2 aromatic carbocycles. The Kier molecular flexibility index (Phi) is 4.55. The first-order valence-electron chi connectivity index (χ1n) is 6.40. The number of para-hydroxylation sites is 1. The minimum absolute atomic E-state index is 0.0964. The molecule has 0 spiro atoms. The third-order valence-corrected chi connectivity index (χ3v) is 3.02. The molecule has 2 atom stereocenters. The van der Waals surface area contributed by atoms with E-state index in [1.54, 1.807) is 0 Å². The van der Waals surface area contributed by atoms with Crippen LogP contribution in [0.1, 0.15) is 6.92 Å². The summed E-state index contributed by atoms with van der Waals surface area (Å²) in [6, 6.07) is 17.6. The van der Waals surface area contributed by atoms with Crippen LogP contribution in [0.3, 0.4) is 0 Å². The summed E-state index contributed by atoms with van der Waals surface area (Å²) < 4.78 is 5.84. The van der Waals surface area contributed by atoms with Crippen molar-refractivity contribution < 1.29 is 9.84 Å². The maximum atomic E-state index is 9.31. The van der Waals surface area contributed by atoms with Crippen molar-refractivity contribution in [1.82, 2.24) is 0 Å². The van der Waals surface area contributed by atoms with E-state index in [0.717, 1.165) is 16.9 Å². The number of ether oxygens (including phenoxy) is 1. The number of aliphatic hydroxyl groups is 1. The molecule has 0 saturated carbocycles. The standard InChI is InChI=1S/C16H19NO2/c1-12(17)16(11-18)19-15-10-6-5-9-14(15)13-7-3-2-4-8-13/h2-10,12,16,18H,11,17H2,1H3. The van der Waals surface area contributed by atoms with Gasteiger partial charge >= 0.3 is 0 Å². The lowest BCUT2D eigenvalue weighted by molar-refractivity contribution is 0.0996. The summed E-state index contributed by atoms with van der Waals surface area (Å²) >= 11 is 0. The quantitative estimate of drug-likeness (QED) is 0.865. The van der Waals surface area contributed by atoms with E-state index in [2.05, 4.69) is 0 Å². The molecular formula is C16H19NO2. The van der Waals surface area contributed by atoms with E-state index in [0.29, 0.717) is 0 Å². The number of rotatable bonds is 5. The van der Waals surface area contributed by atoms with Gasteiger partial charge in [-0.25, -0.2) is 0 Å². The third-order valence-electron chi connectivity index (χ3n) is 3.02. The molecule has 0 aliphatic heterocycles. The van der Waals surface area contributed by atoms with E-state index in [4.69, 9.17) is 10.5 Å². The fraction of sp³-hybridized carbons (Fsp3) is 0.250. The predicted molar refractivity (Wildman–Crippen MR) is 77.0 cm³/mol. The number of hydrogen-bond acceptors (Lipinski definition) is 3. The Morgan fingerprint density at radius 1 is 1.05 bits per heavy atom. The molecule has 0 aliphatic carbocycles. The number of hydrogen-bond donors (Lipinski definition) is 2. The number of aliphatic hydroxyl groups excluding tert-OH is 1. The molecule has 0 aromatic heterocycles. The monoisotopic (exact) mass is 257 g/mol. The maximum absolute atomic E-state index is 9.31. The maximum Gasteiger partial charge on any atom is 0.136 e. The molecule has 3 nitrogen and oxygen atoms in total. The molecule has 2 rings (SSSR count). The van der Waals surface area contributed by atoms with Crippen LogP contribution in [0.4, 0.5) is 0 Å². The second-order valence-corrected chi connectivity index (χ2v) is 4.56. The van der Waals surface area contributed by atoms with Crippen LogP contribution in [0.25, 0.3) is 11.1 Å². The van der Waals surface area contributed by atoms with Gasteiger partial charge in [0.25, 0.3) is 0 Å². The Labute approximate surface area is 113 Å². The summed E-state index contributed by atoms with van der Waals surface area (Å²) in [7, 11) is 0. The largest absolute Gasteiger partial charge is 0.486 e. The third kappa shape index (κ3) is 3.34. The summed E-state index contributed by atoms with van der Waals surface area (Å²) in [5.41, 5.74) is 7.88. The lowest BCUT2D eigenvalue weighted by Gasteiger charge is -2.22. The van der Waals surface area contributed by atoms with Gasteiger partial charge in [-0.2, -0.15) is 0 Å². The van der Waals surface area contributed by atoms with Gasteiger partial charge in [-0.1, -0.05) is 48.5 Å². The van der Waals surface area contributed by atoms with E-state index >= 15 is 0 Å². The van der Waals surface area contributed by atoms with Crippen molar-refractivity contribution >= 4 is 0 Å². The zero-order chi connectivity index (χ0) is 13.7. The van der Waals surface area contributed by atoms with Crippen LogP contribution >= 0.6 is 0 Å². The molecule has 0 saturated heterocycles. The van der Waals surface area contributed by atoms with Gasteiger partial charge in [-0.05, 0) is 18.6 Å². The molecule has 0 amide bonds. The summed E-state index contributed by atoms with van der Waals surface area (Å²) in [5.74, 6) is 0.741. The molecule has 0 heterocycles. The second-order valence-electron chi connectivity index (χ2n) is 4.56. The Balaban J connectivity index is 2.32. The van der Waals surface area contributed by atoms with Crippen molar-refractivity contribution in [2.75, 3.05) is 6.61 Å². The SMILES string of the molecule is CC(N)C(CO)Oc1ccccc1-c1ccccc1. The highest BCUT2D eigenvalue weighted by Crippen LogP contribution is 2.30. The van der Waals surface area contributed by atoms with Gasteiger partial charge in [0.15, 0.2) is 0 Å². The van der Waals surface area contributed by atoms with E-state index in [9.17, 15) is 5.11 Å². The van der Waals surface area contributed by atoms with Gasteiger partial charge in [-0.15, -0.1) is 0 Å². The molecule has 0 bridgehead atoms. The molecule has 2 unspecified atom stereocenters. The van der Waals surface area contributed by atoms with Crippen LogP contribution in [0.5, 0.6) is 5.75 Å². The molecule has 3 heteroatoms. The van der Waals surface area contributed by atoms with E-state index in [-0.39, 0.29) is 12.6 Å². The summed E-state index contributed by atoms with van der Waals surface area (Å²) in [6.07, 6.45) is -0.398. The van der Waals surface area contributed by atoms with Crippen molar-refractivity contribution in [2.45, 2.75) is 19.1 Å². The van der Waals surface area contributed by atoms with Crippen LogP contribution in [0, 0.1) is 0 Å². The predicted octanol–water partition coefficient (Wildman–Crippen LogP) is 2.44. The van der Waals surface area contributed by atoms with Crippen LogP contribution in [0.15, 0.2) is 54.6 Å². The molecule has 0 aliphatic rings. The highest BCUT2D eigenvalue weighted by molar-refractivity contribution is 5.70. The van der Waals surface area contributed by atoms with Gasteiger partial charge in [0.2, 0.25) is 0 Å². The molecule has 0 radical (unpaired) electrons. The van der Waals surface area contributed by atoms with Crippen LogP contribution in [0.2, 0.25) is 0 Å². The van der Waals surface area contributed by atoms with Gasteiger partial charge in [0.05, 0.1) is 6.61 Å². The topological polar surface area (TPSA) is 55.5 Å². The fourth-order valence-electron chi connectivity index (χ4n) is 1.90. The number of nitrogens with two attached hydrogens (primary N) is 1. The number of benzene rings is 2. The molecule has 0 fully saturated rings. The molecule has 100 valence electrons. The Bertz CT molecular complexity index is 511. The second kappa shape index (κ2) is 6.36. The van der Waals surface area contributed by atoms with Crippen molar-refractivity contribution in [1.29, 1.82) is 0 Å². The summed E-state index contributed by atoms with van der Waals surface area (Å²) in [6.45, 7) is 1.73. The Hall–Kier alpha value is -1.84. The van der Waals surface area contributed by atoms with Gasteiger partial charge in [0.1, 0.15) is 11.9 Å². The molecule has 2 aromatic rings. The Morgan fingerprint density at radius 3 is 2.32 bits per heavy atom. The van der Waals surface area contributed by atoms with Gasteiger partial charge in [-0.3, -0.25) is 0 Å². The van der Waals surface area contributed by atoms with E-state index in [1.807, 2.05) is 61.5 Å². The van der Waals surface area contributed by atoms with Gasteiger partial charge in [0, 0.05) is 11.6 Å². The first-order chi connectivity index (χ1) is 9.22. The molecule has 19 heavy (non-hydrogen) atoms. The van der Waals surface area contributed by atoms with Crippen molar-refractivity contribution in [2.24, 2.45) is 5.73 Å².